The Morgan fingerprint density at radius 2 is 1.83 bits per heavy atom. The lowest BCUT2D eigenvalue weighted by atomic mass is 9.81. The predicted octanol–water partition coefficient (Wildman–Crippen LogP) is 1.97. The molecule has 3 N–H and O–H groups in total. The standard InChI is InChI=1S/C17H30FN3O3/c1-17(2,3)24-16(23)20-14(11-4-6-13(19)7-5-11)15(22)21-9-8-12(18)10-21/h11-14H,4-10,19H2,1-3H3,(H,20,23)/t11?,12-,13?,14+/m1/s1. The number of carbonyl (C=O) groups is 2. The summed E-state index contributed by atoms with van der Waals surface area (Å²) in [5, 5.41) is 2.73. The topological polar surface area (TPSA) is 84.7 Å². The van der Waals surface area contributed by atoms with Crippen molar-refractivity contribution in [2.45, 2.75) is 76.7 Å². The Hall–Kier alpha value is -1.37. The smallest absolute Gasteiger partial charge is 0.408 e. The van der Waals surface area contributed by atoms with Crippen molar-refractivity contribution in [3.05, 3.63) is 0 Å². The molecule has 138 valence electrons. The van der Waals surface area contributed by atoms with Crippen molar-refractivity contribution in [2.24, 2.45) is 11.7 Å². The maximum absolute atomic E-state index is 13.5. The largest absolute Gasteiger partial charge is 0.444 e. The summed E-state index contributed by atoms with van der Waals surface area (Å²) in [5.74, 6) is -0.190. The molecule has 0 aromatic carbocycles. The fourth-order valence-corrected chi connectivity index (χ4v) is 3.41. The Kier molecular flexibility index (Phi) is 6.06. The Morgan fingerprint density at radius 3 is 2.33 bits per heavy atom. The van der Waals surface area contributed by atoms with E-state index in [-0.39, 0.29) is 24.4 Å². The van der Waals surface area contributed by atoms with Crippen molar-refractivity contribution in [3.63, 3.8) is 0 Å². The first-order chi connectivity index (χ1) is 11.2. The van der Waals surface area contributed by atoms with Gasteiger partial charge in [-0.25, -0.2) is 9.18 Å². The van der Waals surface area contributed by atoms with Gasteiger partial charge in [0, 0.05) is 12.6 Å². The van der Waals surface area contributed by atoms with Crippen LogP contribution in [0, 0.1) is 5.92 Å². The van der Waals surface area contributed by atoms with Crippen molar-refractivity contribution >= 4 is 12.0 Å². The Labute approximate surface area is 143 Å². The molecule has 1 saturated carbocycles. The van der Waals surface area contributed by atoms with Crippen LogP contribution in [0.5, 0.6) is 0 Å². The Bertz CT molecular complexity index is 458. The van der Waals surface area contributed by atoms with Gasteiger partial charge in [-0.15, -0.1) is 0 Å². The molecule has 1 saturated heterocycles. The third-order valence-corrected chi connectivity index (χ3v) is 4.67. The van der Waals surface area contributed by atoms with Crippen LogP contribution >= 0.6 is 0 Å². The summed E-state index contributed by atoms with van der Waals surface area (Å²) in [5.41, 5.74) is 5.31. The number of alkyl halides is 1. The number of carbonyl (C=O) groups excluding carboxylic acids is 2. The number of alkyl carbamates (subject to hydrolysis) is 1. The highest BCUT2D eigenvalue weighted by atomic mass is 19.1. The summed E-state index contributed by atoms with van der Waals surface area (Å²) >= 11 is 0. The number of rotatable bonds is 3. The number of hydrogen-bond donors (Lipinski definition) is 2. The minimum absolute atomic E-state index is 0.0171. The first-order valence-corrected chi connectivity index (χ1v) is 8.83. The Morgan fingerprint density at radius 1 is 1.21 bits per heavy atom. The number of nitrogens with zero attached hydrogens (tertiary/aromatic N) is 1. The lowest BCUT2D eigenvalue weighted by Crippen LogP contribution is -2.53. The quantitative estimate of drug-likeness (QED) is 0.820. The summed E-state index contributed by atoms with van der Waals surface area (Å²) in [4.78, 5) is 26.5. The number of halogens is 1. The average molecular weight is 343 g/mol. The van der Waals surface area contributed by atoms with E-state index < -0.39 is 23.9 Å². The van der Waals surface area contributed by atoms with Gasteiger partial charge in [0.2, 0.25) is 5.91 Å². The molecule has 0 radical (unpaired) electrons. The van der Waals surface area contributed by atoms with E-state index in [9.17, 15) is 14.0 Å². The predicted molar refractivity (Wildman–Crippen MR) is 89.2 cm³/mol. The van der Waals surface area contributed by atoms with Gasteiger partial charge in [0.05, 0.1) is 6.54 Å². The van der Waals surface area contributed by atoms with E-state index in [0.29, 0.717) is 13.0 Å². The van der Waals surface area contributed by atoms with Gasteiger partial charge in [-0.2, -0.15) is 0 Å². The molecule has 2 rings (SSSR count). The van der Waals surface area contributed by atoms with E-state index >= 15 is 0 Å². The molecule has 2 fully saturated rings. The fourth-order valence-electron chi connectivity index (χ4n) is 3.41. The maximum Gasteiger partial charge on any atom is 0.408 e. The second kappa shape index (κ2) is 7.68. The third kappa shape index (κ3) is 5.33. The van der Waals surface area contributed by atoms with Crippen LogP contribution < -0.4 is 11.1 Å². The van der Waals surface area contributed by atoms with Crippen molar-refractivity contribution in [1.29, 1.82) is 0 Å². The van der Waals surface area contributed by atoms with Crippen molar-refractivity contribution < 1.29 is 18.7 Å². The van der Waals surface area contributed by atoms with E-state index in [4.69, 9.17) is 10.5 Å². The molecule has 0 unspecified atom stereocenters. The van der Waals surface area contributed by atoms with Crippen LogP contribution in [0.2, 0.25) is 0 Å². The molecular formula is C17H30FN3O3. The van der Waals surface area contributed by atoms with Crippen LogP contribution in [0.15, 0.2) is 0 Å². The number of amides is 2. The molecular weight excluding hydrogens is 313 g/mol. The van der Waals surface area contributed by atoms with Gasteiger partial charge < -0.3 is 20.7 Å². The van der Waals surface area contributed by atoms with E-state index in [1.165, 1.54) is 4.90 Å². The molecule has 0 bridgehead atoms. The molecule has 2 atom stereocenters. The second-order valence-corrected chi connectivity index (χ2v) is 7.97. The van der Waals surface area contributed by atoms with E-state index in [1.54, 1.807) is 20.8 Å². The molecule has 1 heterocycles. The first kappa shape index (κ1) is 19.0. The second-order valence-electron chi connectivity index (χ2n) is 7.97. The lowest BCUT2D eigenvalue weighted by molar-refractivity contribution is -0.134. The van der Waals surface area contributed by atoms with E-state index in [1.807, 2.05) is 0 Å². The van der Waals surface area contributed by atoms with E-state index in [0.717, 1.165) is 25.7 Å². The molecule has 0 spiro atoms. The lowest BCUT2D eigenvalue weighted by Gasteiger charge is -2.34. The third-order valence-electron chi connectivity index (χ3n) is 4.67. The summed E-state index contributed by atoms with van der Waals surface area (Å²) in [6, 6.07) is -0.516. The molecule has 2 amide bonds. The van der Waals surface area contributed by atoms with Crippen LogP contribution in [0.1, 0.15) is 52.9 Å². The van der Waals surface area contributed by atoms with Crippen LogP contribution in [0.25, 0.3) is 0 Å². The zero-order valence-corrected chi connectivity index (χ0v) is 14.9. The summed E-state index contributed by atoms with van der Waals surface area (Å²) < 4.78 is 18.7. The molecule has 24 heavy (non-hydrogen) atoms. The van der Waals surface area contributed by atoms with Crippen molar-refractivity contribution in [3.8, 4) is 0 Å². The number of nitrogens with two attached hydrogens (primary N) is 1. The summed E-state index contributed by atoms with van der Waals surface area (Å²) in [6.45, 7) is 5.84. The molecule has 6 nitrogen and oxygen atoms in total. The minimum atomic E-state index is -0.976. The van der Waals surface area contributed by atoms with Gasteiger partial charge in [0.1, 0.15) is 17.8 Å². The minimum Gasteiger partial charge on any atom is -0.444 e. The average Bonchev–Trinajstić information content (AvgIpc) is 2.90. The number of ether oxygens (including phenoxy) is 1. The zero-order valence-electron chi connectivity index (χ0n) is 14.9. The highest BCUT2D eigenvalue weighted by molar-refractivity contribution is 5.86. The monoisotopic (exact) mass is 343 g/mol. The van der Waals surface area contributed by atoms with Crippen LogP contribution in [-0.2, 0) is 9.53 Å². The number of nitrogens with one attached hydrogen (secondary N) is 1. The molecule has 1 aliphatic carbocycles. The summed E-state index contributed by atoms with van der Waals surface area (Å²) in [7, 11) is 0. The highest BCUT2D eigenvalue weighted by Gasteiger charge is 2.38. The maximum atomic E-state index is 13.5. The van der Waals surface area contributed by atoms with E-state index in [2.05, 4.69) is 5.32 Å². The van der Waals surface area contributed by atoms with Crippen LogP contribution in [-0.4, -0.2) is 53.8 Å². The normalized spacial score (nSPS) is 29.2. The van der Waals surface area contributed by atoms with Crippen LogP contribution in [0.3, 0.4) is 0 Å². The van der Waals surface area contributed by atoms with Crippen molar-refractivity contribution in [2.75, 3.05) is 13.1 Å². The molecule has 7 heteroatoms. The van der Waals surface area contributed by atoms with Gasteiger partial charge in [-0.1, -0.05) is 0 Å². The van der Waals surface area contributed by atoms with Gasteiger partial charge in [0.15, 0.2) is 0 Å². The molecule has 0 aromatic heterocycles. The van der Waals surface area contributed by atoms with Crippen molar-refractivity contribution in [1.82, 2.24) is 10.2 Å². The highest BCUT2D eigenvalue weighted by Crippen LogP contribution is 2.28. The number of likely N-dealkylation sites (tertiary alicyclic amines) is 1. The van der Waals surface area contributed by atoms with Gasteiger partial charge in [-0.05, 0) is 58.8 Å². The summed E-state index contributed by atoms with van der Waals surface area (Å²) in [6.07, 6.45) is 2.00. The first-order valence-electron chi connectivity index (χ1n) is 8.83. The van der Waals surface area contributed by atoms with Gasteiger partial charge >= 0.3 is 6.09 Å². The van der Waals surface area contributed by atoms with Gasteiger partial charge in [0.25, 0.3) is 0 Å². The number of hydrogen-bond acceptors (Lipinski definition) is 4. The van der Waals surface area contributed by atoms with Gasteiger partial charge in [-0.3, -0.25) is 4.79 Å². The Balaban J connectivity index is 2.06. The zero-order chi connectivity index (χ0) is 17.9. The fraction of sp³-hybridized carbons (Fsp3) is 0.882. The molecule has 2 aliphatic rings. The van der Waals surface area contributed by atoms with Crippen LogP contribution in [0.4, 0.5) is 9.18 Å². The molecule has 1 aliphatic heterocycles. The SMILES string of the molecule is CC(C)(C)OC(=O)N[C@H](C(=O)N1CC[C@@H](F)C1)C1CCC(N)CC1. The molecule has 0 aromatic rings.